The molecule has 0 aliphatic carbocycles. The molecule has 238 valence electrons. The first-order valence-electron chi connectivity index (χ1n) is 17.5. The Kier molecular flexibility index (Phi) is 5.96. The van der Waals surface area contributed by atoms with E-state index in [4.69, 9.17) is 0 Å². The molecule has 0 saturated carbocycles. The van der Waals surface area contributed by atoms with Gasteiger partial charge in [-0.15, -0.1) is 0 Å². The molecule has 11 aromatic rings. The third-order valence-electron chi connectivity index (χ3n) is 10.6. The van der Waals surface area contributed by atoms with Gasteiger partial charge in [0.1, 0.15) is 0 Å². The lowest BCUT2D eigenvalue weighted by Gasteiger charge is -2.17. The van der Waals surface area contributed by atoms with Gasteiger partial charge in [0, 0.05) is 54.8 Å². The molecule has 0 fully saturated rings. The fraction of sp³-hybridized carbons (Fsp3) is 0. The van der Waals surface area contributed by atoms with Crippen LogP contribution in [0.1, 0.15) is 0 Å². The van der Waals surface area contributed by atoms with Crippen LogP contribution in [-0.4, -0.2) is 13.7 Å². The molecule has 11 rings (SSSR count). The fourth-order valence-corrected chi connectivity index (χ4v) is 8.59. The van der Waals surface area contributed by atoms with Crippen molar-refractivity contribution in [1.29, 1.82) is 0 Å². The maximum atomic E-state index is 2.49. The van der Waals surface area contributed by atoms with Gasteiger partial charge in [0.15, 0.2) is 0 Å². The molecule has 0 amide bonds. The van der Waals surface area contributed by atoms with Crippen LogP contribution in [-0.2, 0) is 0 Å². The van der Waals surface area contributed by atoms with Crippen molar-refractivity contribution in [1.82, 2.24) is 13.7 Å². The second kappa shape index (κ2) is 10.8. The number of para-hydroxylation sites is 7. The van der Waals surface area contributed by atoms with Gasteiger partial charge in [-0.25, -0.2) is 0 Å². The maximum Gasteiger partial charge on any atom is 0.0641 e. The number of hydrogen-bond acceptors (Lipinski definition) is 0. The highest BCUT2D eigenvalue weighted by atomic mass is 15.0. The molecule has 3 heterocycles. The summed E-state index contributed by atoms with van der Waals surface area (Å²) < 4.78 is 7.37. The number of hydrogen-bond donors (Lipinski definition) is 0. The van der Waals surface area contributed by atoms with Crippen molar-refractivity contribution in [3.05, 3.63) is 188 Å². The summed E-state index contributed by atoms with van der Waals surface area (Å²) in [5, 5.41) is 7.52. The molecule has 0 aliphatic heterocycles. The molecule has 0 N–H and O–H groups in total. The molecule has 0 radical (unpaired) electrons. The van der Waals surface area contributed by atoms with Crippen LogP contribution in [0.4, 0.5) is 0 Å². The zero-order valence-electron chi connectivity index (χ0n) is 27.7. The Hall–Kier alpha value is -6.84. The zero-order valence-corrected chi connectivity index (χ0v) is 27.7. The molecule has 0 unspecified atom stereocenters. The molecule has 0 spiro atoms. The summed E-state index contributed by atoms with van der Waals surface area (Å²) in [6, 6.07) is 68.3. The second-order valence-corrected chi connectivity index (χ2v) is 13.3. The van der Waals surface area contributed by atoms with Gasteiger partial charge < -0.3 is 13.7 Å². The van der Waals surface area contributed by atoms with Crippen molar-refractivity contribution < 1.29 is 0 Å². The Morgan fingerprint density at radius 2 is 0.725 bits per heavy atom. The van der Waals surface area contributed by atoms with Gasteiger partial charge in [0.25, 0.3) is 0 Å². The second-order valence-electron chi connectivity index (χ2n) is 13.3. The fourth-order valence-electron chi connectivity index (χ4n) is 8.59. The zero-order chi connectivity index (χ0) is 33.5. The van der Waals surface area contributed by atoms with Gasteiger partial charge in [-0.05, 0) is 54.6 Å². The Morgan fingerprint density at radius 1 is 0.255 bits per heavy atom. The SMILES string of the molecule is c1ccc(-n2c3ccccc3c3cccc(-c4ccccc4-n4c5ccccc5c5c4ccc4c6ccccc6n(-c6ccccc6)c45)c32)cc1. The first-order chi connectivity index (χ1) is 25.4. The third-order valence-corrected chi connectivity index (χ3v) is 10.6. The maximum absolute atomic E-state index is 2.49. The van der Waals surface area contributed by atoms with Crippen LogP contribution in [0.2, 0.25) is 0 Å². The highest BCUT2D eigenvalue weighted by molar-refractivity contribution is 6.26. The van der Waals surface area contributed by atoms with Gasteiger partial charge in [-0.3, -0.25) is 0 Å². The molecule has 51 heavy (non-hydrogen) atoms. The van der Waals surface area contributed by atoms with Gasteiger partial charge in [-0.1, -0.05) is 133 Å². The van der Waals surface area contributed by atoms with Crippen LogP contribution in [0.5, 0.6) is 0 Å². The Labute approximate surface area is 294 Å². The van der Waals surface area contributed by atoms with Crippen LogP contribution in [0.25, 0.3) is 93.6 Å². The Morgan fingerprint density at radius 3 is 1.39 bits per heavy atom. The van der Waals surface area contributed by atoms with Crippen LogP contribution in [0, 0.1) is 0 Å². The summed E-state index contributed by atoms with van der Waals surface area (Å²) in [7, 11) is 0. The van der Waals surface area contributed by atoms with Crippen molar-refractivity contribution in [2.45, 2.75) is 0 Å². The Bertz CT molecular complexity index is 3120. The van der Waals surface area contributed by atoms with Crippen LogP contribution in [0.3, 0.4) is 0 Å². The smallest absolute Gasteiger partial charge is 0.0641 e. The summed E-state index contributed by atoms with van der Waals surface area (Å²) >= 11 is 0. The van der Waals surface area contributed by atoms with Gasteiger partial charge in [0.2, 0.25) is 0 Å². The van der Waals surface area contributed by atoms with Crippen molar-refractivity contribution in [3.63, 3.8) is 0 Å². The standard InChI is InChI=1S/C48H31N3/c1-3-16-32(17-4-1)49-41-26-11-7-20-34(41)37-24-15-25-38(47(37)49)35-21-9-13-28-43(35)51-44-29-14-10-23-40(44)46-45(51)31-30-39-36-22-8-12-27-42(36)50(48(39)46)33-18-5-2-6-19-33/h1-31H. The first-order valence-corrected chi connectivity index (χ1v) is 17.5. The summed E-state index contributed by atoms with van der Waals surface area (Å²) in [5.74, 6) is 0. The molecule has 8 aromatic carbocycles. The average Bonchev–Trinajstić information content (AvgIpc) is 3.84. The lowest BCUT2D eigenvalue weighted by atomic mass is 10.00. The largest absolute Gasteiger partial charge is 0.309 e. The number of benzene rings is 8. The van der Waals surface area contributed by atoms with E-state index in [0.717, 1.165) is 17.1 Å². The minimum atomic E-state index is 1.15. The lowest BCUT2D eigenvalue weighted by Crippen LogP contribution is -1.99. The summed E-state index contributed by atoms with van der Waals surface area (Å²) in [6.07, 6.45) is 0. The van der Waals surface area contributed by atoms with E-state index in [-0.39, 0.29) is 0 Å². The minimum absolute atomic E-state index is 1.15. The number of fused-ring (bicyclic) bond motifs is 10. The number of aromatic nitrogens is 3. The molecule has 0 bridgehead atoms. The van der Waals surface area contributed by atoms with E-state index in [1.807, 2.05) is 0 Å². The molecule has 0 saturated heterocycles. The van der Waals surface area contributed by atoms with E-state index in [1.165, 1.54) is 76.5 Å². The van der Waals surface area contributed by atoms with Crippen molar-refractivity contribution in [2.75, 3.05) is 0 Å². The first kappa shape index (κ1) is 28.0. The van der Waals surface area contributed by atoms with Gasteiger partial charge in [0.05, 0.1) is 38.8 Å². The van der Waals surface area contributed by atoms with E-state index < -0.39 is 0 Å². The highest BCUT2D eigenvalue weighted by Gasteiger charge is 2.23. The van der Waals surface area contributed by atoms with Crippen molar-refractivity contribution in [2.24, 2.45) is 0 Å². The lowest BCUT2D eigenvalue weighted by molar-refractivity contribution is 1.17. The van der Waals surface area contributed by atoms with Crippen LogP contribution >= 0.6 is 0 Å². The minimum Gasteiger partial charge on any atom is -0.309 e. The summed E-state index contributed by atoms with van der Waals surface area (Å²) in [4.78, 5) is 0. The molecule has 0 aliphatic rings. The van der Waals surface area contributed by atoms with E-state index in [9.17, 15) is 0 Å². The van der Waals surface area contributed by atoms with Crippen molar-refractivity contribution >= 4 is 65.4 Å². The van der Waals surface area contributed by atoms with Gasteiger partial charge in [-0.2, -0.15) is 0 Å². The number of nitrogens with zero attached hydrogens (tertiary/aromatic N) is 3. The van der Waals surface area contributed by atoms with E-state index in [0.29, 0.717) is 0 Å². The molecule has 0 atom stereocenters. The Balaban J connectivity index is 1.28. The predicted octanol–water partition coefficient (Wildman–Crippen LogP) is 12.6. The summed E-state index contributed by atoms with van der Waals surface area (Å²) in [5.41, 5.74) is 13.1. The highest BCUT2D eigenvalue weighted by Crippen LogP contribution is 2.45. The topological polar surface area (TPSA) is 14.8 Å². The molecule has 3 aromatic heterocycles. The molecular formula is C48H31N3. The van der Waals surface area contributed by atoms with E-state index in [2.05, 4.69) is 202 Å². The quantitative estimate of drug-likeness (QED) is 0.180. The average molecular weight is 650 g/mol. The summed E-state index contributed by atoms with van der Waals surface area (Å²) in [6.45, 7) is 0. The van der Waals surface area contributed by atoms with Crippen LogP contribution in [0.15, 0.2) is 188 Å². The number of rotatable bonds is 4. The normalized spacial score (nSPS) is 11.9. The third kappa shape index (κ3) is 3.94. The predicted molar refractivity (Wildman–Crippen MR) is 215 cm³/mol. The van der Waals surface area contributed by atoms with Crippen molar-refractivity contribution in [3.8, 4) is 28.2 Å². The van der Waals surface area contributed by atoms with Crippen LogP contribution < -0.4 is 0 Å². The molecule has 3 nitrogen and oxygen atoms in total. The van der Waals surface area contributed by atoms with E-state index in [1.54, 1.807) is 0 Å². The van der Waals surface area contributed by atoms with Gasteiger partial charge >= 0.3 is 0 Å². The van der Waals surface area contributed by atoms with E-state index >= 15 is 0 Å². The molecular weight excluding hydrogens is 619 g/mol. The monoisotopic (exact) mass is 649 g/mol. The molecule has 3 heteroatoms.